The van der Waals surface area contributed by atoms with E-state index in [4.69, 9.17) is 4.55 Å². The van der Waals surface area contributed by atoms with Crippen LogP contribution in [0.3, 0.4) is 0 Å². The first-order chi connectivity index (χ1) is 14.6. The molecule has 0 heterocycles. The monoisotopic (exact) mass is 459 g/mol. The van der Waals surface area contributed by atoms with E-state index in [9.17, 15) is 28.2 Å². The van der Waals surface area contributed by atoms with Gasteiger partial charge in [0, 0.05) is 31.2 Å². The number of allylic oxidation sites excluding steroid dienone is 2. The van der Waals surface area contributed by atoms with Gasteiger partial charge in [0.15, 0.2) is 0 Å². The van der Waals surface area contributed by atoms with Crippen molar-refractivity contribution in [3.8, 4) is 0 Å². The molecule has 9 heteroatoms. The summed E-state index contributed by atoms with van der Waals surface area (Å²) in [7, 11) is -4.08. The highest BCUT2D eigenvalue weighted by Gasteiger charge is 2.39. The van der Waals surface area contributed by atoms with Gasteiger partial charge in [-0.3, -0.25) is 14.1 Å². The number of rotatable bonds is 15. The minimum absolute atomic E-state index is 0.0190. The number of carbonyl (C=O) groups excluding carboxylic acids is 2. The highest BCUT2D eigenvalue weighted by molar-refractivity contribution is 7.85. The van der Waals surface area contributed by atoms with Crippen LogP contribution in [0.1, 0.15) is 64.7 Å². The molecule has 0 radical (unpaired) electrons. The highest BCUT2D eigenvalue weighted by Crippen LogP contribution is 2.33. The summed E-state index contributed by atoms with van der Waals surface area (Å²) in [5, 5.41) is 22.7. The Balaban J connectivity index is 2.36. The summed E-state index contributed by atoms with van der Waals surface area (Å²) >= 11 is 0. The van der Waals surface area contributed by atoms with E-state index in [2.05, 4.69) is 12.2 Å². The lowest BCUT2D eigenvalue weighted by Crippen LogP contribution is -2.28. The molecule has 1 amide bonds. The van der Waals surface area contributed by atoms with E-state index in [0.29, 0.717) is 25.7 Å². The summed E-state index contributed by atoms with van der Waals surface area (Å²) in [5.41, 5.74) is 0. The Kier molecular flexibility index (Phi) is 12.9. The topological polar surface area (TPSA) is 141 Å². The number of hydrogen-bond donors (Lipinski definition) is 4. The van der Waals surface area contributed by atoms with Crippen LogP contribution in [0.25, 0.3) is 0 Å². The number of unbranched alkanes of at least 4 members (excludes halogenated alkanes) is 3. The van der Waals surface area contributed by atoms with Crippen LogP contribution in [-0.4, -0.2) is 59.4 Å². The van der Waals surface area contributed by atoms with Crippen LogP contribution in [0.4, 0.5) is 0 Å². The quantitative estimate of drug-likeness (QED) is 0.167. The second-order valence-corrected chi connectivity index (χ2v) is 9.68. The minimum atomic E-state index is -4.08. The lowest BCUT2D eigenvalue weighted by Gasteiger charge is -2.16. The maximum Gasteiger partial charge on any atom is 0.266 e. The molecule has 0 aromatic heterocycles. The van der Waals surface area contributed by atoms with Crippen molar-refractivity contribution in [3.63, 3.8) is 0 Å². The van der Waals surface area contributed by atoms with Gasteiger partial charge in [-0.05, 0) is 25.7 Å². The maximum atomic E-state index is 12.2. The number of aliphatic hydroxyl groups is 2. The Morgan fingerprint density at radius 2 is 2.00 bits per heavy atom. The van der Waals surface area contributed by atoms with Crippen molar-refractivity contribution in [3.05, 3.63) is 24.3 Å². The van der Waals surface area contributed by atoms with Crippen molar-refractivity contribution < 1.29 is 32.8 Å². The molecule has 1 fully saturated rings. The third kappa shape index (κ3) is 12.2. The Bertz CT molecular complexity index is 717. The van der Waals surface area contributed by atoms with Crippen molar-refractivity contribution in [2.24, 2.45) is 11.8 Å². The lowest BCUT2D eigenvalue weighted by molar-refractivity contribution is -0.121. The van der Waals surface area contributed by atoms with E-state index in [0.717, 1.165) is 19.3 Å². The number of hydrogen-bond acceptors (Lipinski definition) is 6. The number of aliphatic hydroxyl groups excluding tert-OH is 2. The SMILES string of the molecule is CCCCC[C@H](O)/C=C/[C@H]1[C@H](O)CC(=O)[C@@H]1C/C=C\CCCC(=O)NCCS(=O)(=O)O. The average molecular weight is 460 g/mol. The fourth-order valence-electron chi connectivity index (χ4n) is 3.63. The molecule has 0 spiro atoms. The van der Waals surface area contributed by atoms with Gasteiger partial charge < -0.3 is 15.5 Å². The summed E-state index contributed by atoms with van der Waals surface area (Å²) in [6, 6.07) is 0. The van der Waals surface area contributed by atoms with Crippen LogP contribution < -0.4 is 5.32 Å². The molecule has 1 saturated carbocycles. The van der Waals surface area contributed by atoms with Gasteiger partial charge in [-0.15, -0.1) is 0 Å². The first-order valence-electron chi connectivity index (χ1n) is 11.1. The smallest absolute Gasteiger partial charge is 0.266 e. The molecule has 0 unspecified atom stereocenters. The van der Waals surface area contributed by atoms with Crippen molar-refractivity contribution in [1.82, 2.24) is 5.32 Å². The van der Waals surface area contributed by atoms with Crippen LogP contribution >= 0.6 is 0 Å². The molecule has 0 bridgehead atoms. The van der Waals surface area contributed by atoms with Crippen LogP contribution in [0.15, 0.2) is 24.3 Å². The second-order valence-electron chi connectivity index (χ2n) is 8.10. The first-order valence-corrected chi connectivity index (χ1v) is 12.7. The molecular weight excluding hydrogens is 422 g/mol. The zero-order valence-electron chi connectivity index (χ0n) is 18.3. The molecule has 178 valence electrons. The molecule has 1 aliphatic carbocycles. The third-order valence-corrected chi connectivity index (χ3v) is 6.13. The predicted molar refractivity (Wildman–Crippen MR) is 119 cm³/mol. The summed E-state index contributed by atoms with van der Waals surface area (Å²) in [4.78, 5) is 23.8. The molecule has 4 N–H and O–H groups in total. The van der Waals surface area contributed by atoms with Gasteiger partial charge in [0.1, 0.15) is 5.78 Å². The Hall–Kier alpha value is -1.55. The third-order valence-electron chi connectivity index (χ3n) is 5.41. The normalized spacial score (nSPS) is 23.1. The van der Waals surface area contributed by atoms with Crippen LogP contribution in [0.2, 0.25) is 0 Å². The Morgan fingerprint density at radius 3 is 2.68 bits per heavy atom. The van der Waals surface area contributed by atoms with Gasteiger partial charge in [0.05, 0.1) is 18.0 Å². The second kappa shape index (κ2) is 14.5. The molecule has 1 aliphatic rings. The molecule has 0 aliphatic heterocycles. The standard InChI is InChI=1S/C22H37NO7S/c1-2-3-6-9-17(24)12-13-19-18(20(25)16-21(19)26)10-7-4-5-8-11-22(27)23-14-15-31(28,29)30/h4,7,12-13,17-19,21,24,26H,2-3,5-6,8-11,14-16H2,1H3,(H,23,27)(H,28,29,30)/b7-4-,13-12+/t17-,18+,19+,21+/m0/s1. The van der Waals surface area contributed by atoms with Gasteiger partial charge in [0.2, 0.25) is 5.91 Å². The largest absolute Gasteiger partial charge is 0.392 e. The number of nitrogens with one attached hydrogen (secondary N) is 1. The molecule has 31 heavy (non-hydrogen) atoms. The summed E-state index contributed by atoms with van der Waals surface area (Å²) < 4.78 is 29.8. The van der Waals surface area contributed by atoms with Crippen LogP contribution in [-0.2, 0) is 19.7 Å². The zero-order chi connectivity index (χ0) is 23.3. The van der Waals surface area contributed by atoms with Gasteiger partial charge in [0.25, 0.3) is 10.1 Å². The fourth-order valence-corrected chi connectivity index (χ4v) is 3.99. The average Bonchev–Trinajstić information content (AvgIpc) is 2.94. The highest BCUT2D eigenvalue weighted by atomic mass is 32.2. The Labute approximate surface area is 185 Å². The van der Waals surface area contributed by atoms with E-state index < -0.39 is 28.1 Å². The minimum Gasteiger partial charge on any atom is -0.392 e. The van der Waals surface area contributed by atoms with E-state index in [1.54, 1.807) is 12.2 Å². The maximum absolute atomic E-state index is 12.2. The molecule has 8 nitrogen and oxygen atoms in total. The lowest BCUT2D eigenvalue weighted by atomic mass is 9.90. The number of carbonyl (C=O) groups is 2. The van der Waals surface area contributed by atoms with Gasteiger partial charge in [-0.25, -0.2) is 0 Å². The first kappa shape index (κ1) is 27.5. The number of ketones is 1. The predicted octanol–water partition coefficient (Wildman–Crippen LogP) is 2.17. The molecule has 0 saturated heterocycles. The molecular formula is C22H37NO7S. The van der Waals surface area contributed by atoms with E-state index in [1.807, 2.05) is 12.2 Å². The van der Waals surface area contributed by atoms with Crippen molar-refractivity contribution in [2.75, 3.05) is 12.3 Å². The number of Topliss-reactive ketones (excluding diaryl/α,β-unsaturated/α-hetero) is 1. The summed E-state index contributed by atoms with van der Waals surface area (Å²) in [6.07, 6.45) is 11.8. The molecule has 0 aromatic carbocycles. The van der Waals surface area contributed by atoms with Gasteiger partial charge >= 0.3 is 0 Å². The zero-order valence-corrected chi connectivity index (χ0v) is 19.1. The van der Waals surface area contributed by atoms with Gasteiger partial charge in [-0.1, -0.05) is 50.5 Å². The molecule has 4 atom stereocenters. The van der Waals surface area contributed by atoms with Crippen molar-refractivity contribution in [2.45, 2.75) is 76.9 Å². The number of amides is 1. The van der Waals surface area contributed by atoms with Crippen LogP contribution in [0, 0.1) is 11.8 Å². The summed E-state index contributed by atoms with van der Waals surface area (Å²) in [5.74, 6) is -1.38. The molecule has 0 aromatic rings. The molecule has 1 rings (SSSR count). The Morgan fingerprint density at radius 1 is 1.26 bits per heavy atom. The van der Waals surface area contributed by atoms with E-state index >= 15 is 0 Å². The van der Waals surface area contributed by atoms with Crippen molar-refractivity contribution in [1.29, 1.82) is 0 Å². The fraction of sp³-hybridized carbons (Fsp3) is 0.727. The van der Waals surface area contributed by atoms with Crippen LogP contribution in [0.5, 0.6) is 0 Å². The van der Waals surface area contributed by atoms with Gasteiger partial charge in [-0.2, -0.15) is 8.42 Å². The van der Waals surface area contributed by atoms with E-state index in [1.165, 1.54) is 0 Å². The van der Waals surface area contributed by atoms with E-state index in [-0.39, 0.29) is 42.9 Å². The summed E-state index contributed by atoms with van der Waals surface area (Å²) in [6.45, 7) is 1.98. The van der Waals surface area contributed by atoms with Crippen molar-refractivity contribution >= 4 is 21.8 Å².